The minimum absolute atomic E-state index is 0.166. The maximum absolute atomic E-state index is 12.0. The number of rotatable bonds is 9. The molecule has 1 aliphatic heterocycles. The van der Waals surface area contributed by atoms with Gasteiger partial charge in [-0.1, -0.05) is 12.1 Å². The van der Waals surface area contributed by atoms with E-state index in [0.717, 1.165) is 24.2 Å². The molecule has 1 aromatic rings. The summed E-state index contributed by atoms with van der Waals surface area (Å²) in [5.41, 5.74) is 1.03. The third-order valence-corrected chi connectivity index (χ3v) is 5.46. The molecule has 0 aromatic heterocycles. The van der Waals surface area contributed by atoms with Gasteiger partial charge in [0.25, 0.3) is 0 Å². The number of hydrogen-bond acceptors (Lipinski definition) is 5. The molecule has 0 bridgehead atoms. The molecule has 1 fully saturated rings. The van der Waals surface area contributed by atoms with Crippen LogP contribution in [0.2, 0.25) is 0 Å². The fraction of sp³-hybridized carbons (Fsp3) is 0.588. The second-order valence-electron chi connectivity index (χ2n) is 6.05. The predicted octanol–water partition coefficient (Wildman–Crippen LogP) is 0.795. The Morgan fingerprint density at radius 3 is 2.60 bits per heavy atom. The molecule has 25 heavy (non-hydrogen) atoms. The van der Waals surface area contributed by atoms with Gasteiger partial charge in [0.15, 0.2) is 0 Å². The number of benzene rings is 1. The first-order valence-corrected chi connectivity index (χ1v) is 10.2. The number of ether oxygens (including phenoxy) is 2. The summed E-state index contributed by atoms with van der Waals surface area (Å²) in [6.45, 7) is 1.48. The number of amides is 1. The number of carbonyl (C=O) groups excluding carboxylic acids is 1. The Labute approximate surface area is 149 Å². The van der Waals surface area contributed by atoms with Crippen LogP contribution in [0.3, 0.4) is 0 Å². The Balaban J connectivity index is 1.82. The lowest BCUT2D eigenvalue weighted by atomic mass is 10.1. The smallest absolute Gasteiger partial charge is 0.249 e. The highest BCUT2D eigenvalue weighted by molar-refractivity contribution is 7.88. The molecule has 1 atom stereocenters. The first-order chi connectivity index (χ1) is 11.9. The Hall–Kier alpha value is -1.64. The van der Waals surface area contributed by atoms with Crippen molar-refractivity contribution in [1.29, 1.82) is 0 Å². The second kappa shape index (κ2) is 9.17. The number of methoxy groups -OCH3 is 1. The first kappa shape index (κ1) is 19.7. The van der Waals surface area contributed by atoms with Crippen LogP contribution in [0.1, 0.15) is 18.4 Å². The zero-order chi connectivity index (χ0) is 18.3. The van der Waals surface area contributed by atoms with Crippen molar-refractivity contribution in [1.82, 2.24) is 9.62 Å². The number of hydrogen-bond donors (Lipinski definition) is 1. The molecular formula is C17H26N2O5S. The molecule has 1 heterocycles. The highest BCUT2D eigenvalue weighted by Gasteiger charge is 2.23. The van der Waals surface area contributed by atoms with Gasteiger partial charge in [0.05, 0.1) is 13.4 Å². The largest absolute Gasteiger partial charge is 0.497 e. The molecule has 0 radical (unpaired) electrons. The number of nitrogens with one attached hydrogen (secondary N) is 1. The van der Waals surface area contributed by atoms with Crippen LogP contribution < -0.4 is 10.1 Å². The van der Waals surface area contributed by atoms with Crippen molar-refractivity contribution in [2.75, 3.05) is 39.6 Å². The lowest BCUT2D eigenvalue weighted by Crippen LogP contribution is -2.41. The van der Waals surface area contributed by atoms with E-state index in [-0.39, 0.29) is 19.0 Å². The molecule has 1 unspecified atom stereocenters. The molecule has 1 saturated heterocycles. The number of sulfonamides is 1. The summed E-state index contributed by atoms with van der Waals surface area (Å²) >= 11 is 0. The molecule has 1 N–H and O–H groups in total. The van der Waals surface area contributed by atoms with Gasteiger partial charge >= 0.3 is 0 Å². The van der Waals surface area contributed by atoms with E-state index in [9.17, 15) is 13.2 Å². The molecule has 0 spiro atoms. The van der Waals surface area contributed by atoms with Crippen molar-refractivity contribution in [2.24, 2.45) is 0 Å². The predicted molar refractivity (Wildman–Crippen MR) is 95.1 cm³/mol. The SMILES string of the molecule is COc1ccc(CCN(CCNC(=O)C2CCCO2)S(C)(=O)=O)cc1. The molecular weight excluding hydrogens is 344 g/mol. The topological polar surface area (TPSA) is 84.9 Å². The van der Waals surface area contributed by atoms with Crippen molar-refractivity contribution >= 4 is 15.9 Å². The van der Waals surface area contributed by atoms with Gasteiger partial charge in [0, 0.05) is 26.2 Å². The average molecular weight is 370 g/mol. The normalized spacial score (nSPS) is 17.6. The third-order valence-electron chi connectivity index (χ3n) is 4.16. The summed E-state index contributed by atoms with van der Waals surface area (Å²) in [7, 11) is -1.74. The van der Waals surface area contributed by atoms with Crippen LogP contribution in [0.4, 0.5) is 0 Å². The highest BCUT2D eigenvalue weighted by atomic mass is 32.2. The summed E-state index contributed by atoms with van der Waals surface area (Å²) in [5, 5.41) is 2.75. The molecule has 0 aliphatic carbocycles. The molecule has 8 heteroatoms. The Morgan fingerprint density at radius 2 is 2.04 bits per heavy atom. The summed E-state index contributed by atoms with van der Waals surface area (Å²) in [5.74, 6) is 0.599. The fourth-order valence-corrected chi connectivity index (χ4v) is 3.54. The highest BCUT2D eigenvalue weighted by Crippen LogP contribution is 2.13. The summed E-state index contributed by atoms with van der Waals surface area (Å²) < 4.78 is 35.7. The van der Waals surface area contributed by atoms with E-state index >= 15 is 0 Å². The maximum atomic E-state index is 12.0. The van der Waals surface area contributed by atoms with E-state index in [1.165, 1.54) is 10.6 Å². The zero-order valence-corrected chi connectivity index (χ0v) is 15.5. The van der Waals surface area contributed by atoms with E-state index in [1.807, 2.05) is 24.3 Å². The van der Waals surface area contributed by atoms with Crippen LogP contribution in [0, 0.1) is 0 Å². The van der Waals surface area contributed by atoms with Crippen LogP contribution in [0.25, 0.3) is 0 Å². The Bertz CT molecular complexity index is 654. The lowest BCUT2D eigenvalue weighted by molar-refractivity contribution is -0.130. The van der Waals surface area contributed by atoms with Gasteiger partial charge in [-0.3, -0.25) is 4.79 Å². The minimum atomic E-state index is -3.34. The van der Waals surface area contributed by atoms with E-state index < -0.39 is 16.1 Å². The van der Waals surface area contributed by atoms with Gasteiger partial charge < -0.3 is 14.8 Å². The van der Waals surface area contributed by atoms with Crippen molar-refractivity contribution in [3.05, 3.63) is 29.8 Å². The summed E-state index contributed by atoms with van der Waals surface area (Å²) in [4.78, 5) is 11.9. The van der Waals surface area contributed by atoms with Crippen molar-refractivity contribution in [2.45, 2.75) is 25.4 Å². The molecule has 140 valence electrons. The van der Waals surface area contributed by atoms with Gasteiger partial charge in [-0.2, -0.15) is 0 Å². The van der Waals surface area contributed by atoms with Gasteiger partial charge in [-0.15, -0.1) is 0 Å². The Morgan fingerprint density at radius 1 is 1.32 bits per heavy atom. The monoisotopic (exact) mass is 370 g/mol. The Kier molecular flexibility index (Phi) is 7.22. The van der Waals surface area contributed by atoms with Gasteiger partial charge in [0.2, 0.25) is 15.9 Å². The van der Waals surface area contributed by atoms with Crippen LogP contribution in [-0.2, 0) is 26.0 Å². The van der Waals surface area contributed by atoms with Crippen molar-refractivity contribution < 1.29 is 22.7 Å². The van der Waals surface area contributed by atoms with E-state index in [4.69, 9.17) is 9.47 Å². The number of nitrogens with zero attached hydrogens (tertiary/aromatic N) is 1. The quantitative estimate of drug-likeness (QED) is 0.695. The maximum Gasteiger partial charge on any atom is 0.249 e. The van der Waals surface area contributed by atoms with Crippen LogP contribution in [-0.4, -0.2) is 64.3 Å². The number of carbonyl (C=O) groups is 1. The lowest BCUT2D eigenvalue weighted by Gasteiger charge is -2.20. The average Bonchev–Trinajstić information content (AvgIpc) is 3.11. The second-order valence-corrected chi connectivity index (χ2v) is 8.04. The molecule has 7 nitrogen and oxygen atoms in total. The van der Waals surface area contributed by atoms with Gasteiger partial charge in [-0.25, -0.2) is 12.7 Å². The van der Waals surface area contributed by atoms with Crippen molar-refractivity contribution in [3.8, 4) is 5.75 Å². The van der Waals surface area contributed by atoms with E-state index in [1.54, 1.807) is 7.11 Å². The van der Waals surface area contributed by atoms with Crippen LogP contribution in [0.15, 0.2) is 24.3 Å². The standard InChI is InChI=1S/C17H26N2O5S/c1-23-15-7-5-14(6-8-15)9-11-19(25(2,21)22)12-10-18-17(20)16-4-3-13-24-16/h5-8,16H,3-4,9-13H2,1-2H3,(H,18,20). The van der Waals surface area contributed by atoms with Crippen LogP contribution >= 0.6 is 0 Å². The third kappa shape index (κ3) is 6.30. The molecule has 0 saturated carbocycles. The van der Waals surface area contributed by atoms with E-state index in [0.29, 0.717) is 19.6 Å². The minimum Gasteiger partial charge on any atom is -0.497 e. The van der Waals surface area contributed by atoms with Gasteiger partial charge in [-0.05, 0) is 37.0 Å². The van der Waals surface area contributed by atoms with Gasteiger partial charge in [0.1, 0.15) is 11.9 Å². The summed E-state index contributed by atoms with van der Waals surface area (Å²) in [6.07, 6.45) is 2.99. The zero-order valence-electron chi connectivity index (χ0n) is 14.7. The molecule has 1 amide bonds. The first-order valence-electron chi connectivity index (χ1n) is 8.37. The van der Waals surface area contributed by atoms with Crippen LogP contribution in [0.5, 0.6) is 5.75 Å². The molecule has 1 aliphatic rings. The van der Waals surface area contributed by atoms with Crippen molar-refractivity contribution in [3.63, 3.8) is 0 Å². The van der Waals surface area contributed by atoms with E-state index in [2.05, 4.69) is 5.32 Å². The summed E-state index contributed by atoms with van der Waals surface area (Å²) in [6, 6.07) is 7.53. The molecule has 1 aromatic carbocycles. The fourth-order valence-electron chi connectivity index (χ4n) is 2.69. The molecule has 2 rings (SSSR count).